The fraction of sp³-hybridized carbons (Fsp3) is 0.864. The minimum absolute atomic E-state index is 0.0451. The van der Waals surface area contributed by atoms with E-state index < -0.39 is 103 Å². The van der Waals surface area contributed by atoms with Crippen molar-refractivity contribution >= 4 is 11.8 Å². The van der Waals surface area contributed by atoms with Crippen LogP contribution in [-0.4, -0.2) is 176 Å². The quantitative estimate of drug-likeness (QED) is 0.210. The molecule has 0 saturated carbocycles. The number of ether oxygens (including phenoxy) is 7. The summed E-state index contributed by atoms with van der Waals surface area (Å²) in [7, 11) is 6.53. The van der Waals surface area contributed by atoms with Crippen LogP contribution in [0.25, 0.3) is 0 Å². The highest BCUT2D eigenvalue weighted by Gasteiger charge is 2.48. The van der Waals surface area contributed by atoms with E-state index in [9.17, 15) is 30.0 Å². The summed E-state index contributed by atoms with van der Waals surface area (Å²) in [6, 6.07) is -0.678. The maximum Gasteiger partial charge on any atom is 0.308 e. The molecule has 0 aromatic rings. The van der Waals surface area contributed by atoms with E-state index in [2.05, 4.69) is 4.90 Å². The van der Waals surface area contributed by atoms with Gasteiger partial charge in [0, 0.05) is 32.0 Å². The lowest BCUT2D eigenvalue weighted by atomic mass is 9.79. The zero-order valence-corrected chi connectivity index (χ0v) is 37.2. The van der Waals surface area contributed by atoms with Gasteiger partial charge in [-0.25, -0.2) is 0 Å². The number of aliphatic hydroxyl groups excluding tert-OH is 4. The average Bonchev–Trinajstić information content (AvgIpc) is 3.20. The number of esters is 1. The summed E-state index contributed by atoms with van der Waals surface area (Å²) in [5, 5.41) is 45.1. The second-order valence-corrected chi connectivity index (χ2v) is 17.6. The van der Waals surface area contributed by atoms with Crippen LogP contribution in [-0.2, 0) is 42.7 Å². The SMILES string of the molecule is CC[C@H]1OC(=O)C[C@@H](O)[C@H](C)[C@@H](O[C@@H]2O[C@H](C)[C@@H](O)[C@H](N(C)C)[C@H]2O)[C@@H](CCN2CCCCC2)C[C@@H](C)C(=O)/C=C\C(C)=C/[C@@H]1CO[C@@H]1O[C@H](C)[C@@H](O)[C@@H](OC)[C@H]1OC. The second kappa shape index (κ2) is 23.5. The molecule has 0 amide bonds. The molecule has 0 unspecified atom stereocenters. The van der Waals surface area contributed by atoms with Crippen LogP contribution in [0.3, 0.4) is 0 Å². The second-order valence-electron chi connectivity index (χ2n) is 17.6. The Morgan fingerprint density at radius 2 is 1.49 bits per heavy atom. The Balaban J connectivity index is 1.67. The van der Waals surface area contributed by atoms with Gasteiger partial charge in [-0.05, 0) is 98.6 Å². The van der Waals surface area contributed by atoms with Crippen LogP contribution >= 0.6 is 0 Å². The number of hydrogen-bond donors (Lipinski definition) is 4. The van der Waals surface area contributed by atoms with Gasteiger partial charge in [0.05, 0.1) is 49.6 Å². The van der Waals surface area contributed by atoms with Gasteiger partial charge in [-0.15, -0.1) is 0 Å². The van der Waals surface area contributed by atoms with Crippen molar-refractivity contribution < 1.29 is 63.2 Å². The Kier molecular flexibility index (Phi) is 19.9. The van der Waals surface area contributed by atoms with Crippen LogP contribution < -0.4 is 0 Å². The molecule has 4 aliphatic heterocycles. The zero-order valence-electron chi connectivity index (χ0n) is 37.2. The molecule has 0 bridgehead atoms. The van der Waals surface area contributed by atoms with Crippen molar-refractivity contribution in [1.29, 1.82) is 0 Å². The Morgan fingerprint density at radius 3 is 2.12 bits per heavy atom. The number of carbonyl (C=O) groups excluding carboxylic acids is 2. The molecule has 0 aromatic heterocycles. The van der Waals surface area contributed by atoms with Gasteiger partial charge in [0.1, 0.15) is 30.5 Å². The maximum absolute atomic E-state index is 13.9. The van der Waals surface area contributed by atoms with E-state index in [1.54, 1.807) is 45.0 Å². The molecule has 17 atom stereocenters. The van der Waals surface area contributed by atoms with Crippen molar-refractivity contribution in [3.05, 3.63) is 23.8 Å². The maximum atomic E-state index is 13.9. The van der Waals surface area contributed by atoms with Crippen LogP contribution in [0.5, 0.6) is 0 Å². The Hall–Kier alpha value is -1.86. The number of carbonyl (C=O) groups is 2. The molecule has 59 heavy (non-hydrogen) atoms. The first-order valence-corrected chi connectivity index (χ1v) is 21.8. The fourth-order valence-corrected chi connectivity index (χ4v) is 9.22. The molecule has 0 aliphatic carbocycles. The fourth-order valence-electron chi connectivity index (χ4n) is 9.22. The predicted octanol–water partition coefficient (Wildman–Crippen LogP) is 2.85. The summed E-state index contributed by atoms with van der Waals surface area (Å²) in [5.74, 6) is -2.50. The van der Waals surface area contributed by atoms with Gasteiger partial charge in [-0.1, -0.05) is 44.9 Å². The molecule has 340 valence electrons. The molecule has 15 heteroatoms. The van der Waals surface area contributed by atoms with Crippen LogP contribution in [0.2, 0.25) is 0 Å². The largest absolute Gasteiger partial charge is 0.462 e. The molecular formula is C44H76N2O13. The number of cyclic esters (lactones) is 1. The Bertz CT molecular complexity index is 1360. The van der Waals surface area contributed by atoms with E-state index in [0.717, 1.165) is 38.0 Å². The molecule has 4 N–H and O–H groups in total. The molecule has 0 aromatic carbocycles. The minimum atomic E-state index is -1.22. The normalized spacial score (nSPS) is 42.9. The van der Waals surface area contributed by atoms with Gasteiger partial charge in [-0.2, -0.15) is 0 Å². The molecule has 0 radical (unpaired) electrons. The number of aliphatic hydroxyl groups is 4. The van der Waals surface area contributed by atoms with Gasteiger partial charge in [0.15, 0.2) is 18.4 Å². The number of nitrogens with zero attached hydrogens (tertiary/aromatic N) is 2. The highest BCUT2D eigenvalue weighted by Crippen LogP contribution is 2.35. The third-order valence-electron chi connectivity index (χ3n) is 13.0. The summed E-state index contributed by atoms with van der Waals surface area (Å²) < 4.78 is 42.5. The number of allylic oxidation sites excluding steroid dienone is 3. The summed E-state index contributed by atoms with van der Waals surface area (Å²) in [5.41, 5.74) is 0.763. The molecule has 4 aliphatic rings. The zero-order chi connectivity index (χ0) is 43.6. The number of hydrogen-bond acceptors (Lipinski definition) is 15. The minimum Gasteiger partial charge on any atom is -0.462 e. The van der Waals surface area contributed by atoms with Crippen molar-refractivity contribution in [2.24, 2.45) is 23.7 Å². The summed E-state index contributed by atoms with van der Waals surface area (Å²) in [6.07, 6.45) is -0.601. The predicted molar refractivity (Wildman–Crippen MR) is 220 cm³/mol. The van der Waals surface area contributed by atoms with Crippen molar-refractivity contribution in [2.45, 2.75) is 166 Å². The summed E-state index contributed by atoms with van der Waals surface area (Å²) >= 11 is 0. The standard InChI is InChI=1S/C44H76N2O13/c1-11-34-31(24-55-44-42(54-10)41(53-9)38(51)29(6)57-44)21-25(2)15-16-32(47)26(3)22-30(17-20-46-18-13-12-14-19-46)40(27(4)33(48)23-35(49)58-34)59-43-39(52)36(45(7)8)37(50)28(5)56-43/h15-16,21,26-31,33-34,36-44,48,50-52H,11-14,17-20,22-24H2,1-10H3/b16-15-,25-21-/t26-,27+,28-,29-,30+,31-,33-,34-,36+,37-,38-,39-,40-,41-,42-,43+,44-/m1/s1. The van der Waals surface area contributed by atoms with Crippen LogP contribution in [0.1, 0.15) is 86.5 Å². The lowest BCUT2D eigenvalue weighted by Gasteiger charge is -2.47. The lowest BCUT2D eigenvalue weighted by molar-refractivity contribution is -0.304. The van der Waals surface area contributed by atoms with Gasteiger partial charge in [-0.3, -0.25) is 9.59 Å². The highest BCUT2D eigenvalue weighted by molar-refractivity contribution is 5.91. The third kappa shape index (κ3) is 13.3. The smallest absolute Gasteiger partial charge is 0.308 e. The van der Waals surface area contributed by atoms with Crippen molar-refractivity contribution in [2.75, 3.05) is 54.6 Å². The van der Waals surface area contributed by atoms with Gasteiger partial charge in [0.25, 0.3) is 0 Å². The monoisotopic (exact) mass is 841 g/mol. The first-order valence-electron chi connectivity index (χ1n) is 21.8. The molecule has 3 fully saturated rings. The first kappa shape index (κ1) is 49.8. The van der Waals surface area contributed by atoms with Crippen molar-refractivity contribution in [3.63, 3.8) is 0 Å². The summed E-state index contributed by atoms with van der Waals surface area (Å²) in [4.78, 5) is 31.9. The topological polar surface area (TPSA) is 186 Å². The number of likely N-dealkylation sites (N-methyl/N-ethyl adjacent to an activating group) is 1. The van der Waals surface area contributed by atoms with E-state index in [1.165, 1.54) is 20.6 Å². The Labute approximate surface area is 352 Å². The van der Waals surface area contributed by atoms with E-state index >= 15 is 0 Å². The van der Waals surface area contributed by atoms with Gasteiger partial charge in [0.2, 0.25) is 0 Å². The molecule has 15 nitrogen and oxygen atoms in total. The van der Waals surface area contributed by atoms with E-state index in [0.29, 0.717) is 19.3 Å². The number of methoxy groups -OCH3 is 2. The molecule has 3 saturated heterocycles. The van der Waals surface area contributed by atoms with Crippen LogP contribution in [0.15, 0.2) is 23.8 Å². The number of ketones is 1. The van der Waals surface area contributed by atoms with Crippen molar-refractivity contribution in [3.8, 4) is 0 Å². The lowest BCUT2D eigenvalue weighted by Crippen LogP contribution is -2.63. The molecule has 0 spiro atoms. The summed E-state index contributed by atoms with van der Waals surface area (Å²) in [6.45, 7) is 13.7. The molecular weight excluding hydrogens is 764 g/mol. The Morgan fingerprint density at radius 1 is 0.847 bits per heavy atom. The molecule has 4 heterocycles. The van der Waals surface area contributed by atoms with E-state index in [1.807, 2.05) is 33.8 Å². The number of piperidine rings is 1. The first-order chi connectivity index (χ1) is 28.0. The van der Waals surface area contributed by atoms with Gasteiger partial charge < -0.3 is 63.4 Å². The number of rotatable bonds is 12. The van der Waals surface area contributed by atoms with Gasteiger partial charge >= 0.3 is 5.97 Å². The highest BCUT2D eigenvalue weighted by atomic mass is 16.7. The van der Waals surface area contributed by atoms with Crippen molar-refractivity contribution in [1.82, 2.24) is 9.80 Å². The van der Waals surface area contributed by atoms with E-state index in [4.69, 9.17) is 33.2 Å². The number of likely N-dealkylation sites (tertiary alicyclic amines) is 1. The third-order valence-corrected chi connectivity index (χ3v) is 13.0. The average molecular weight is 841 g/mol. The van der Waals surface area contributed by atoms with E-state index in [-0.39, 0.29) is 24.7 Å². The van der Waals surface area contributed by atoms with Crippen LogP contribution in [0.4, 0.5) is 0 Å². The van der Waals surface area contributed by atoms with Crippen LogP contribution in [0, 0.1) is 23.7 Å². The molecule has 4 rings (SSSR count).